The van der Waals surface area contributed by atoms with Crippen LogP contribution in [0.5, 0.6) is 5.75 Å². The second-order valence-corrected chi connectivity index (χ2v) is 7.66. The fourth-order valence-electron chi connectivity index (χ4n) is 2.58. The van der Waals surface area contributed by atoms with Crippen LogP contribution in [0.1, 0.15) is 22.8 Å². The fourth-order valence-corrected chi connectivity index (χ4v) is 4.20. The smallest absolute Gasteiger partial charge is 0.335 e. The molecule has 0 bridgehead atoms. The lowest BCUT2D eigenvalue weighted by Crippen LogP contribution is -2.28. The Morgan fingerprint density at radius 2 is 2.00 bits per heavy atom. The summed E-state index contributed by atoms with van der Waals surface area (Å²) in [5, 5.41) is 9.55. The first-order valence-electron chi connectivity index (χ1n) is 8.40. The molecule has 1 amide bonds. The lowest BCUT2D eigenvalue weighted by molar-refractivity contribution is -0.122. The van der Waals surface area contributed by atoms with Crippen LogP contribution < -0.4 is 4.74 Å². The topological polar surface area (TPSA) is 79.2 Å². The molecule has 28 heavy (non-hydrogen) atoms. The Hall–Kier alpha value is -2.58. The van der Waals surface area contributed by atoms with Crippen molar-refractivity contribution in [2.75, 3.05) is 13.7 Å². The number of amidine groups is 1. The average Bonchev–Trinajstić information content (AvgIpc) is 2.96. The maximum absolute atomic E-state index is 12.7. The molecule has 1 aliphatic rings. The number of hydrogen-bond acceptors (Lipinski definition) is 5. The van der Waals surface area contributed by atoms with Crippen molar-refractivity contribution in [3.05, 3.63) is 63.0 Å². The largest absolute Gasteiger partial charge is 0.496 e. The van der Waals surface area contributed by atoms with Gasteiger partial charge < -0.3 is 9.84 Å². The molecule has 0 aromatic heterocycles. The summed E-state index contributed by atoms with van der Waals surface area (Å²) in [6.45, 7) is 2.37. The van der Waals surface area contributed by atoms with Crippen molar-refractivity contribution in [2.24, 2.45) is 4.99 Å². The molecule has 6 nitrogen and oxygen atoms in total. The Morgan fingerprint density at radius 3 is 2.57 bits per heavy atom. The molecule has 1 aliphatic heterocycles. The van der Waals surface area contributed by atoms with E-state index in [2.05, 4.69) is 20.9 Å². The van der Waals surface area contributed by atoms with Gasteiger partial charge in [0.05, 0.1) is 27.7 Å². The van der Waals surface area contributed by atoms with Gasteiger partial charge in [0, 0.05) is 6.54 Å². The SMILES string of the molecule is CCN1C(=O)/C(=C\c2ccc(OC)c(Br)c2)SC1=Nc1ccc(C(=O)O)cc1. The van der Waals surface area contributed by atoms with Crippen molar-refractivity contribution < 1.29 is 19.4 Å². The number of likely N-dealkylation sites (N-methyl/N-ethyl adjacent to an activating group) is 1. The number of carboxylic acids is 1. The van der Waals surface area contributed by atoms with Gasteiger partial charge in [-0.1, -0.05) is 6.07 Å². The normalized spacial score (nSPS) is 16.8. The van der Waals surface area contributed by atoms with Gasteiger partial charge in [0.1, 0.15) is 5.75 Å². The number of rotatable bonds is 5. The lowest BCUT2D eigenvalue weighted by atomic mass is 10.2. The molecule has 0 atom stereocenters. The van der Waals surface area contributed by atoms with E-state index in [9.17, 15) is 9.59 Å². The molecule has 3 rings (SSSR count). The zero-order chi connectivity index (χ0) is 20.3. The summed E-state index contributed by atoms with van der Waals surface area (Å²) in [5.74, 6) is -0.383. The second-order valence-electron chi connectivity index (χ2n) is 5.80. The van der Waals surface area contributed by atoms with Crippen LogP contribution in [0.3, 0.4) is 0 Å². The van der Waals surface area contributed by atoms with Crippen LogP contribution in [0, 0.1) is 0 Å². The van der Waals surface area contributed by atoms with Gasteiger partial charge >= 0.3 is 5.97 Å². The van der Waals surface area contributed by atoms with E-state index < -0.39 is 5.97 Å². The van der Waals surface area contributed by atoms with Crippen LogP contribution in [0.4, 0.5) is 5.69 Å². The number of amides is 1. The monoisotopic (exact) mass is 460 g/mol. The summed E-state index contributed by atoms with van der Waals surface area (Å²) in [7, 11) is 1.60. The van der Waals surface area contributed by atoms with Gasteiger partial charge in [0.25, 0.3) is 5.91 Å². The van der Waals surface area contributed by atoms with Crippen LogP contribution in [0.25, 0.3) is 6.08 Å². The maximum Gasteiger partial charge on any atom is 0.335 e. The van der Waals surface area contributed by atoms with Crippen molar-refractivity contribution in [3.8, 4) is 5.75 Å². The van der Waals surface area contributed by atoms with Gasteiger partial charge in [-0.2, -0.15) is 0 Å². The zero-order valence-electron chi connectivity index (χ0n) is 15.2. The highest BCUT2D eigenvalue weighted by molar-refractivity contribution is 9.10. The number of thioether (sulfide) groups is 1. The van der Waals surface area contributed by atoms with Crippen LogP contribution in [-0.4, -0.2) is 40.7 Å². The number of carbonyl (C=O) groups is 2. The molecule has 8 heteroatoms. The first-order valence-corrected chi connectivity index (χ1v) is 10.0. The number of aliphatic imine (C=N–C) groups is 1. The van der Waals surface area contributed by atoms with E-state index in [1.54, 1.807) is 24.1 Å². The zero-order valence-corrected chi connectivity index (χ0v) is 17.6. The number of hydrogen-bond donors (Lipinski definition) is 1. The van der Waals surface area contributed by atoms with Crippen molar-refractivity contribution in [3.63, 3.8) is 0 Å². The summed E-state index contributed by atoms with van der Waals surface area (Å²) >= 11 is 4.74. The Labute approximate surface area is 175 Å². The van der Waals surface area contributed by atoms with Crippen LogP contribution in [-0.2, 0) is 4.79 Å². The Bertz CT molecular complexity index is 986. The van der Waals surface area contributed by atoms with Gasteiger partial charge in [-0.05, 0) is 82.7 Å². The van der Waals surface area contributed by atoms with Crippen LogP contribution in [0.2, 0.25) is 0 Å². The van der Waals surface area contributed by atoms with Crippen molar-refractivity contribution in [1.82, 2.24) is 4.90 Å². The van der Waals surface area contributed by atoms with E-state index in [1.807, 2.05) is 31.2 Å². The highest BCUT2D eigenvalue weighted by atomic mass is 79.9. The number of methoxy groups -OCH3 is 1. The average molecular weight is 461 g/mol. The summed E-state index contributed by atoms with van der Waals surface area (Å²) < 4.78 is 6.03. The number of halogens is 1. The molecule has 0 unspecified atom stereocenters. The minimum atomic E-state index is -0.990. The standard InChI is InChI=1S/C20H17BrN2O4S/c1-3-23-18(24)17(11-12-4-9-16(27-2)15(21)10-12)28-20(23)22-14-7-5-13(6-8-14)19(25)26/h4-11H,3H2,1-2H3,(H,25,26)/b17-11+,22-20?. The van der Waals surface area contributed by atoms with E-state index in [0.29, 0.717) is 22.3 Å². The molecule has 0 spiro atoms. The highest BCUT2D eigenvalue weighted by Gasteiger charge is 2.32. The summed E-state index contributed by atoms with van der Waals surface area (Å²) in [5.41, 5.74) is 1.65. The predicted molar refractivity (Wildman–Crippen MR) is 114 cm³/mol. The Balaban J connectivity index is 1.89. The van der Waals surface area contributed by atoms with Crippen molar-refractivity contribution in [2.45, 2.75) is 6.92 Å². The number of ether oxygens (including phenoxy) is 1. The molecule has 144 valence electrons. The van der Waals surface area contributed by atoms with E-state index in [-0.39, 0.29) is 11.5 Å². The molecule has 1 saturated heterocycles. The Kier molecular flexibility index (Phi) is 6.21. The van der Waals surface area contributed by atoms with E-state index in [1.165, 1.54) is 23.9 Å². The summed E-state index contributed by atoms with van der Waals surface area (Å²) in [6.07, 6.45) is 1.82. The first kappa shape index (κ1) is 20.2. The summed E-state index contributed by atoms with van der Waals surface area (Å²) in [6, 6.07) is 11.8. The maximum atomic E-state index is 12.7. The van der Waals surface area contributed by atoms with Gasteiger partial charge in [0.15, 0.2) is 5.17 Å². The molecule has 0 radical (unpaired) electrons. The second kappa shape index (κ2) is 8.62. The number of nitrogens with zero attached hydrogens (tertiary/aromatic N) is 2. The number of carboxylic acid groups (broad SMARTS) is 1. The summed E-state index contributed by atoms with van der Waals surface area (Å²) in [4.78, 5) is 30.4. The van der Waals surface area contributed by atoms with E-state index in [4.69, 9.17) is 9.84 Å². The molecule has 1 heterocycles. The molecule has 1 N–H and O–H groups in total. The molecule has 1 fully saturated rings. The number of carbonyl (C=O) groups excluding carboxylic acids is 1. The number of benzene rings is 2. The van der Waals surface area contributed by atoms with Crippen molar-refractivity contribution >= 4 is 56.5 Å². The van der Waals surface area contributed by atoms with Gasteiger partial charge in [-0.3, -0.25) is 9.69 Å². The predicted octanol–water partition coefficient (Wildman–Crippen LogP) is 4.78. The van der Waals surface area contributed by atoms with Crippen molar-refractivity contribution in [1.29, 1.82) is 0 Å². The van der Waals surface area contributed by atoms with Gasteiger partial charge in [-0.25, -0.2) is 9.79 Å². The van der Waals surface area contributed by atoms with Gasteiger partial charge in [0.2, 0.25) is 0 Å². The Morgan fingerprint density at radius 1 is 1.29 bits per heavy atom. The third-order valence-corrected chi connectivity index (χ3v) is 5.64. The third-order valence-electron chi connectivity index (χ3n) is 4.02. The molecular weight excluding hydrogens is 444 g/mol. The quantitative estimate of drug-likeness (QED) is 0.649. The fraction of sp³-hybridized carbons (Fsp3) is 0.150. The minimum Gasteiger partial charge on any atom is -0.496 e. The first-order chi connectivity index (χ1) is 13.4. The highest BCUT2D eigenvalue weighted by Crippen LogP contribution is 2.35. The van der Waals surface area contributed by atoms with Crippen LogP contribution in [0.15, 0.2) is 56.8 Å². The third kappa shape index (κ3) is 4.28. The molecule has 0 saturated carbocycles. The van der Waals surface area contributed by atoms with Crippen LogP contribution >= 0.6 is 27.7 Å². The molecule has 0 aliphatic carbocycles. The van der Waals surface area contributed by atoms with E-state index >= 15 is 0 Å². The molecule has 2 aromatic carbocycles. The molecule has 2 aromatic rings. The molecular formula is C20H17BrN2O4S. The van der Waals surface area contributed by atoms with E-state index in [0.717, 1.165) is 15.8 Å². The minimum absolute atomic E-state index is 0.111. The number of aromatic carboxylic acids is 1. The lowest BCUT2D eigenvalue weighted by Gasteiger charge is -2.12. The van der Waals surface area contributed by atoms with Gasteiger partial charge in [-0.15, -0.1) is 0 Å².